The van der Waals surface area contributed by atoms with Crippen molar-refractivity contribution in [2.24, 2.45) is 5.73 Å². The Morgan fingerprint density at radius 2 is 1.94 bits per heavy atom. The number of fused-ring (bicyclic) bond motifs is 1. The molecule has 3 rings (SSSR count). The molecule has 0 fully saturated rings. The number of amides is 1. The highest BCUT2D eigenvalue weighted by molar-refractivity contribution is 14.0. The zero-order chi connectivity index (χ0) is 22.8. The maximum absolute atomic E-state index is 13.3. The Balaban J connectivity index is 0.00000363. The molecule has 0 spiro atoms. The minimum absolute atomic E-state index is 0. The summed E-state index contributed by atoms with van der Waals surface area (Å²) >= 11 is 0. The molecule has 2 heterocycles. The molecule has 1 aromatic heterocycles. The molecule has 32 heavy (non-hydrogen) atoms. The Morgan fingerprint density at radius 1 is 1.28 bits per heavy atom. The van der Waals surface area contributed by atoms with Gasteiger partial charge in [-0.15, -0.1) is 24.0 Å². The lowest BCUT2D eigenvalue weighted by Crippen LogP contribution is -2.38. The zero-order valence-corrected chi connectivity index (χ0v) is 19.7. The summed E-state index contributed by atoms with van der Waals surface area (Å²) in [5, 5.41) is 3.02. The van der Waals surface area contributed by atoms with E-state index >= 15 is 0 Å². The van der Waals surface area contributed by atoms with Crippen molar-refractivity contribution >= 4 is 29.9 Å². The van der Waals surface area contributed by atoms with Crippen molar-refractivity contribution in [3.63, 3.8) is 0 Å². The van der Waals surface area contributed by atoms with Gasteiger partial charge in [-0.3, -0.25) is 4.79 Å². The third-order valence-corrected chi connectivity index (χ3v) is 5.14. The molecule has 1 atom stereocenters. The van der Waals surface area contributed by atoms with Crippen LogP contribution in [-0.2, 0) is 23.9 Å². The van der Waals surface area contributed by atoms with Gasteiger partial charge in [0.2, 0.25) is 0 Å². The van der Waals surface area contributed by atoms with Crippen molar-refractivity contribution in [3.8, 4) is 11.4 Å². The van der Waals surface area contributed by atoms with Gasteiger partial charge in [-0.05, 0) is 38.6 Å². The fourth-order valence-electron chi connectivity index (χ4n) is 3.49. The zero-order valence-electron chi connectivity index (χ0n) is 17.4. The van der Waals surface area contributed by atoms with E-state index in [1.165, 1.54) is 17.0 Å². The van der Waals surface area contributed by atoms with Gasteiger partial charge in [0.05, 0.1) is 23.5 Å². The SMILES string of the molecule is C=C(F)C(=O)N1CCc2c(nc(-c3ccc(C(F)(F)F)cc3)nc2C(N)CCNC)C1.I. The van der Waals surface area contributed by atoms with Crippen LogP contribution in [0.5, 0.6) is 0 Å². The second-order valence-electron chi connectivity index (χ2n) is 7.31. The predicted octanol–water partition coefficient (Wildman–Crippen LogP) is 3.76. The number of alkyl halides is 3. The van der Waals surface area contributed by atoms with Crippen LogP contribution >= 0.6 is 24.0 Å². The second kappa shape index (κ2) is 10.7. The molecule has 0 saturated carbocycles. The molecule has 0 radical (unpaired) electrons. The number of rotatable bonds is 6. The number of carbonyl (C=O) groups is 1. The van der Waals surface area contributed by atoms with Crippen LogP contribution in [0.1, 0.15) is 35.0 Å². The van der Waals surface area contributed by atoms with Crippen LogP contribution in [0.15, 0.2) is 36.7 Å². The van der Waals surface area contributed by atoms with Gasteiger partial charge in [0, 0.05) is 23.7 Å². The van der Waals surface area contributed by atoms with E-state index in [2.05, 4.69) is 21.9 Å². The van der Waals surface area contributed by atoms with E-state index in [-0.39, 0.29) is 42.9 Å². The van der Waals surface area contributed by atoms with Gasteiger partial charge in [0.25, 0.3) is 5.91 Å². The normalized spacial score (nSPS) is 14.4. The van der Waals surface area contributed by atoms with Crippen LogP contribution in [0.4, 0.5) is 17.6 Å². The molecule has 1 amide bonds. The van der Waals surface area contributed by atoms with Gasteiger partial charge in [-0.1, -0.05) is 18.7 Å². The molecule has 0 aliphatic carbocycles. The van der Waals surface area contributed by atoms with Crippen LogP contribution in [0.25, 0.3) is 11.4 Å². The summed E-state index contributed by atoms with van der Waals surface area (Å²) in [5.41, 5.74) is 7.82. The lowest BCUT2D eigenvalue weighted by atomic mass is 9.96. The maximum Gasteiger partial charge on any atom is 0.416 e. The molecule has 11 heteroatoms. The summed E-state index contributed by atoms with van der Waals surface area (Å²) in [5.74, 6) is -1.68. The Hall–Kier alpha value is -2.12. The highest BCUT2D eigenvalue weighted by Crippen LogP contribution is 2.32. The van der Waals surface area contributed by atoms with Crippen LogP contribution in [-0.4, -0.2) is 40.9 Å². The standard InChI is InChI=1S/C21H23F4N5O.HI/c1-12(22)20(31)30-10-8-15-17(11-30)28-19(29-18(15)16(26)7-9-27-2)13-3-5-14(6-4-13)21(23,24)25;/h3-6,16,27H,1,7-11,26H2,2H3;1H. The summed E-state index contributed by atoms with van der Waals surface area (Å²) in [7, 11) is 1.79. The number of halogens is 5. The summed E-state index contributed by atoms with van der Waals surface area (Å²) < 4.78 is 52.0. The van der Waals surface area contributed by atoms with Gasteiger partial charge in [-0.2, -0.15) is 13.2 Å². The Morgan fingerprint density at radius 3 is 2.50 bits per heavy atom. The highest BCUT2D eigenvalue weighted by atomic mass is 127. The van der Waals surface area contributed by atoms with Gasteiger partial charge >= 0.3 is 6.18 Å². The average Bonchev–Trinajstić information content (AvgIpc) is 2.75. The van der Waals surface area contributed by atoms with E-state index in [9.17, 15) is 22.4 Å². The number of hydrogen-bond donors (Lipinski definition) is 2. The molecule has 2 aromatic rings. The van der Waals surface area contributed by atoms with E-state index in [0.717, 1.165) is 17.7 Å². The summed E-state index contributed by atoms with van der Waals surface area (Å²) in [4.78, 5) is 22.4. The summed E-state index contributed by atoms with van der Waals surface area (Å²) in [6.07, 6.45) is -3.48. The van der Waals surface area contributed by atoms with Gasteiger partial charge < -0.3 is 16.0 Å². The highest BCUT2D eigenvalue weighted by Gasteiger charge is 2.31. The van der Waals surface area contributed by atoms with E-state index in [4.69, 9.17) is 5.73 Å². The van der Waals surface area contributed by atoms with Crippen LogP contribution in [0.2, 0.25) is 0 Å². The third kappa shape index (κ3) is 5.81. The minimum Gasteiger partial charge on any atom is -0.330 e. The number of nitrogens with zero attached hydrogens (tertiary/aromatic N) is 3. The van der Waals surface area contributed by atoms with E-state index in [0.29, 0.717) is 36.3 Å². The first-order valence-corrected chi connectivity index (χ1v) is 9.73. The topological polar surface area (TPSA) is 84.1 Å². The third-order valence-electron chi connectivity index (χ3n) is 5.14. The molecular weight excluding hydrogens is 541 g/mol. The van der Waals surface area contributed by atoms with Crippen LogP contribution < -0.4 is 11.1 Å². The van der Waals surface area contributed by atoms with E-state index < -0.39 is 29.5 Å². The van der Waals surface area contributed by atoms with Gasteiger partial charge in [0.15, 0.2) is 11.7 Å². The first-order valence-electron chi connectivity index (χ1n) is 9.73. The fraction of sp³-hybridized carbons (Fsp3) is 0.381. The fourth-order valence-corrected chi connectivity index (χ4v) is 3.49. The molecule has 1 aliphatic rings. The molecule has 1 aliphatic heterocycles. The molecular formula is C21H24F4IN5O. The van der Waals surface area contributed by atoms with Crippen LogP contribution in [0, 0.1) is 0 Å². The van der Waals surface area contributed by atoms with Gasteiger partial charge in [0.1, 0.15) is 0 Å². The molecule has 174 valence electrons. The maximum atomic E-state index is 13.3. The lowest BCUT2D eigenvalue weighted by molar-refractivity contribution is -0.137. The molecule has 0 saturated heterocycles. The number of hydrogen-bond acceptors (Lipinski definition) is 5. The van der Waals surface area contributed by atoms with Crippen molar-refractivity contribution in [3.05, 3.63) is 59.2 Å². The first-order chi connectivity index (χ1) is 14.6. The Kier molecular flexibility index (Phi) is 8.71. The average molecular weight is 565 g/mol. The number of nitrogens with two attached hydrogens (primary N) is 1. The Bertz CT molecular complexity index is 981. The molecule has 1 unspecified atom stereocenters. The van der Waals surface area contributed by atoms with Crippen molar-refractivity contribution in [1.29, 1.82) is 0 Å². The van der Waals surface area contributed by atoms with Crippen molar-refractivity contribution < 1.29 is 22.4 Å². The summed E-state index contributed by atoms with van der Waals surface area (Å²) in [6.45, 7) is 4.00. The number of aromatic nitrogens is 2. The quantitative estimate of drug-likeness (QED) is 0.317. The lowest BCUT2D eigenvalue weighted by Gasteiger charge is -2.30. The number of nitrogens with one attached hydrogen (secondary N) is 1. The van der Waals surface area contributed by atoms with Crippen LogP contribution in [0.3, 0.4) is 0 Å². The van der Waals surface area contributed by atoms with Gasteiger partial charge in [-0.25, -0.2) is 14.4 Å². The molecule has 3 N–H and O–H groups in total. The van der Waals surface area contributed by atoms with E-state index in [1.54, 1.807) is 7.05 Å². The number of carbonyl (C=O) groups excluding carboxylic acids is 1. The number of benzene rings is 1. The van der Waals surface area contributed by atoms with Crippen molar-refractivity contribution in [2.45, 2.75) is 31.6 Å². The second-order valence-corrected chi connectivity index (χ2v) is 7.31. The van der Waals surface area contributed by atoms with E-state index in [1.807, 2.05) is 0 Å². The molecule has 1 aromatic carbocycles. The minimum atomic E-state index is -4.45. The Labute approximate surface area is 200 Å². The van der Waals surface area contributed by atoms with Crippen molar-refractivity contribution in [1.82, 2.24) is 20.2 Å². The molecule has 0 bridgehead atoms. The largest absolute Gasteiger partial charge is 0.416 e. The molecule has 6 nitrogen and oxygen atoms in total. The monoisotopic (exact) mass is 565 g/mol. The predicted molar refractivity (Wildman–Crippen MR) is 123 cm³/mol. The summed E-state index contributed by atoms with van der Waals surface area (Å²) in [6, 6.07) is 4.07. The smallest absolute Gasteiger partial charge is 0.330 e. The van der Waals surface area contributed by atoms with Crippen molar-refractivity contribution in [2.75, 3.05) is 20.1 Å². The first kappa shape index (κ1) is 26.1.